The van der Waals surface area contributed by atoms with Crippen LogP contribution in [0.1, 0.15) is 5.56 Å². The van der Waals surface area contributed by atoms with Gasteiger partial charge in [-0.05, 0) is 36.2 Å². The summed E-state index contributed by atoms with van der Waals surface area (Å²) in [5, 5.41) is 19.5. The summed E-state index contributed by atoms with van der Waals surface area (Å²) in [6, 6.07) is 19.3. The Hall–Kier alpha value is -2.72. The van der Waals surface area contributed by atoms with Gasteiger partial charge in [0, 0.05) is 23.1 Å². The highest BCUT2D eigenvalue weighted by Crippen LogP contribution is 2.31. The van der Waals surface area contributed by atoms with Gasteiger partial charge in [-0.1, -0.05) is 36.4 Å². The molecule has 0 saturated carbocycles. The van der Waals surface area contributed by atoms with E-state index in [1.54, 1.807) is 0 Å². The molecule has 110 valence electrons. The molecule has 0 fully saturated rings. The van der Waals surface area contributed by atoms with Gasteiger partial charge in [-0.15, -0.1) is 5.11 Å². The van der Waals surface area contributed by atoms with Crippen LogP contribution in [0.15, 0.2) is 70.9 Å². The molecule has 0 aromatic heterocycles. The maximum Gasteiger partial charge on any atom is 0.0936 e. The van der Waals surface area contributed by atoms with Crippen molar-refractivity contribution < 1.29 is 5.11 Å². The lowest BCUT2D eigenvalue weighted by Gasteiger charge is -2.04. The number of nitrogen functional groups attached to an aromatic ring is 1. The van der Waals surface area contributed by atoms with Gasteiger partial charge in [0.2, 0.25) is 0 Å². The number of hydrogen-bond acceptors (Lipinski definition) is 4. The van der Waals surface area contributed by atoms with Gasteiger partial charge in [-0.25, -0.2) is 0 Å². The molecule has 0 unspecified atom stereocenters. The third-order valence-electron chi connectivity index (χ3n) is 3.54. The number of aliphatic hydroxyl groups excluding tert-OH is 1. The summed E-state index contributed by atoms with van der Waals surface area (Å²) in [4.78, 5) is 0. The summed E-state index contributed by atoms with van der Waals surface area (Å²) < 4.78 is 0. The molecule has 4 heteroatoms. The third-order valence-corrected chi connectivity index (χ3v) is 3.54. The molecule has 3 N–H and O–H groups in total. The zero-order chi connectivity index (χ0) is 15.4. The quantitative estimate of drug-likeness (QED) is 0.553. The number of azo groups is 1. The summed E-state index contributed by atoms with van der Waals surface area (Å²) in [5.41, 5.74) is 9.38. The number of fused-ring (bicyclic) bond motifs is 1. The van der Waals surface area contributed by atoms with E-state index < -0.39 is 0 Å². The zero-order valence-corrected chi connectivity index (χ0v) is 12.1. The topological polar surface area (TPSA) is 71.0 Å². The van der Waals surface area contributed by atoms with E-state index in [9.17, 15) is 0 Å². The average Bonchev–Trinajstić information content (AvgIpc) is 2.56. The van der Waals surface area contributed by atoms with Crippen molar-refractivity contribution in [2.24, 2.45) is 10.2 Å². The van der Waals surface area contributed by atoms with Crippen LogP contribution in [0.4, 0.5) is 17.1 Å². The van der Waals surface area contributed by atoms with Crippen LogP contribution >= 0.6 is 0 Å². The van der Waals surface area contributed by atoms with Crippen molar-refractivity contribution in [1.29, 1.82) is 0 Å². The van der Waals surface area contributed by atoms with E-state index in [1.807, 2.05) is 60.7 Å². The SMILES string of the molecule is Nc1ccc(/N=N/c2ccc(CCO)cc2)c2ccccc12. The van der Waals surface area contributed by atoms with E-state index in [-0.39, 0.29) is 6.61 Å². The van der Waals surface area contributed by atoms with Crippen LogP contribution in [0.3, 0.4) is 0 Å². The Balaban J connectivity index is 1.91. The first-order chi connectivity index (χ1) is 10.8. The largest absolute Gasteiger partial charge is 0.398 e. The van der Waals surface area contributed by atoms with Crippen molar-refractivity contribution in [1.82, 2.24) is 0 Å². The molecule has 22 heavy (non-hydrogen) atoms. The molecular weight excluding hydrogens is 274 g/mol. The predicted octanol–water partition coefficient (Wildman–Crippen LogP) is 4.37. The monoisotopic (exact) mass is 291 g/mol. The van der Waals surface area contributed by atoms with Crippen LogP contribution in [0.2, 0.25) is 0 Å². The van der Waals surface area contributed by atoms with E-state index in [2.05, 4.69) is 10.2 Å². The second-order valence-electron chi connectivity index (χ2n) is 5.06. The fourth-order valence-electron chi connectivity index (χ4n) is 2.36. The van der Waals surface area contributed by atoms with Gasteiger partial charge in [0.1, 0.15) is 0 Å². The molecule has 0 saturated heterocycles. The lowest BCUT2D eigenvalue weighted by molar-refractivity contribution is 0.299. The summed E-state index contributed by atoms with van der Waals surface area (Å²) in [6.45, 7) is 0.151. The number of benzene rings is 3. The molecule has 0 aliphatic rings. The molecule has 4 nitrogen and oxygen atoms in total. The first kappa shape index (κ1) is 14.2. The van der Waals surface area contributed by atoms with E-state index in [0.717, 1.165) is 33.4 Å². The van der Waals surface area contributed by atoms with E-state index >= 15 is 0 Å². The van der Waals surface area contributed by atoms with Gasteiger partial charge in [-0.3, -0.25) is 0 Å². The number of hydrogen-bond donors (Lipinski definition) is 2. The average molecular weight is 291 g/mol. The molecule has 3 rings (SSSR count). The Bertz CT molecular complexity index is 810. The van der Waals surface area contributed by atoms with Gasteiger partial charge in [-0.2, -0.15) is 5.11 Å². The highest BCUT2D eigenvalue weighted by Gasteiger charge is 2.02. The minimum atomic E-state index is 0.151. The van der Waals surface area contributed by atoms with Crippen LogP contribution in [-0.2, 0) is 6.42 Å². The minimum Gasteiger partial charge on any atom is -0.398 e. The van der Waals surface area contributed by atoms with Crippen LogP contribution < -0.4 is 5.73 Å². The minimum absolute atomic E-state index is 0.151. The second kappa shape index (κ2) is 6.37. The van der Waals surface area contributed by atoms with Crippen LogP contribution in [0.25, 0.3) is 10.8 Å². The number of nitrogens with two attached hydrogens (primary N) is 1. The van der Waals surface area contributed by atoms with Gasteiger partial charge in [0.15, 0.2) is 0 Å². The lowest BCUT2D eigenvalue weighted by Crippen LogP contribution is -1.88. The molecule has 0 bridgehead atoms. The molecule has 0 aliphatic carbocycles. The Morgan fingerprint density at radius 3 is 2.27 bits per heavy atom. The Morgan fingerprint density at radius 1 is 0.818 bits per heavy atom. The normalized spacial score (nSPS) is 11.3. The molecule has 0 radical (unpaired) electrons. The molecule has 0 aliphatic heterocycles. The van der Waals surface area contributed by atoms with Gasteiger partial charge in [0.25, 0.3) is 0 Å². The zero-order valence-electron chi connectivity index (χ0n) is 12.1. The molecule has 3 aromatic carbocycles. The summed E-state index contributed by atoms with van der Waals surface area (Å²) >= 11 is 0. The van der Waals surface area contributed by atoms with Gasteiger partial charge < -0.3 is 10.8 Å². The lowest BCUT2D eigenvalue weighted by atomic mass is 10.1. The molecule has 3 aromatic rings. The van der Waals surface area contributed by atoms with Crippen molar-refractivity contribution in [3.05, 3.63) is 66.2 Å². The fraction of sp³-hybridized carbons (Fsp3) is 0.111. The summed E-state index contributed by atoms with van der Waals surface area (Å²) in [6.07, 6.45) is 0.653. The van der Waals surface area contributed by atoms with Gasteiger partial charge in [0.05, 0.1) is 11.4 Å². The third kappa shape index (κ3) is 2.97. The number of nitrogens with zero attached hydrogens (tertiary/aromatic N) is 2. The Morgan fingerprint density at radius 2 is 1.55 bits per heavy atom. The van der Waals surface area contributed by atoms with Crippen molar-refractivity contribution >= 4 is 27.8 Å². The molecule has 0 heterocycles. The molecule has 0 amide bonds. The standard InChI is InChI=1S/C18H17N3O/c19-17-9-10-18(16-4-2-1-3-15(16)17)21-20-14-7-5-13(6-8-14)11-12-22/h1-10,22H,11-12,19H2/b21-20+. The van der Waals surface area contributed by atoms with Crippen molar-refractivity contribution in [3.63, 3.8) is 0 Å². The Kier molecular flexibility index (Phi) is 4.12. The maximum absolute atomic E-state index is 8.91. The van der Waals surface area contributed by atoms with Crippen molar-refractivity contribution in [2.45, 2.75) is 6.42 Å². The number of rotatable bonds is 4. The molecular formula is C18H17N3O. The van der Waals surface area contributed by atoms with Crippen LogP contribution in [0.5, 0.6) is 0 Å². The van der Waals surface area contributed by atoms with E-state index in [0.29, 0.717) is 6.42 Å². The van der Waals surface area contributed by atoms with E-state index in [1.165, 1.54) is 0 Å². The highest BCUT2D eigenvalue weighted by atomic mass is 16.2. The van der Waals surface area contributed by atoms with Crippen LogP contribution in [0, 0.1) is 0 Å². The summed E-state index contributed by atoms with van der Waals surface area (Å²) in [7, 11) is 0. The fourth-order valence-corrected chi connectivity index (χ4v) is 2.36. The van der Waals surface area contributed by atoms with E-state index in [4.69, 9.17) is 10.8 Å². The second-order valence-corrected chi connectivity index (χ2v) is 5.06. The first-order valence-corrected chi connectivity index (χ1v) is 7.17. The number of aliphatic hydroxyl groups is 1. The Labute approximate surface area is 128 Å². The predicted molar refractivity (Wildman–Crippen MR) is 89.8 cm³/mol. The smallest absolute Gasteiger partial charge is 0.0936 e. The highest BCUT2D eigenvalue weighted by molar-refractivity contribution is 5.99. The first-order valence-electron chi connectivity index (χ1n) is 7.17. The van der Waals surface area contributed by atoms with Crippen molar-refractivity contribution in [3.8, 4) is 0 Å². The van der Waals surface area contributed by atoms with Crippen LogP contribution in [-0.4, -0.2) is 11.7 Å². The molecule has 0 spiro atoms. The molecule has 0 atom stereocenters. The summed E-state index contributed by atoms with van der Waals surface area (Å²) in [5.74, 6) is 0. The maximum atomic E-state index is 8.91. The van der Waals surface area contributed by atoms with Gasteiger partial charge >= 0.3 is 0 Å². The number of anilines is 1. The van der Waals surface area contributed by atoms with Crippen molar-refractivity contribution in [2.75, 3.05) is 12.3 Å².